The van der Waals surface area contributed by atoms with Crippen molar-refractivity contribution in [2.24, 2.45) is 0 Å². The van der Waals surface area contributed by atoms with Gasteiger partial charge in [0.25, 0.3) is 0 Å². The summed E-state index contributed by atoms with van der Waals surface area (Å²) in [4.78, 5) is 18.2. The first-order valence-corrected chi connectivity index (χ1v) is 8.75. The van der Waals surface area contributed by atoms with E-state index in [-0.39, 0.29) is 0 Å². The number of nitrogens with one attached hydrogen (secondary N) is 2. The van der Waals surface area contributed by atoms with Gasteiger partial charge < -0.3 is 20.3 Å². The highest BCUT2D eigenvalue weighted by atomic mass is 35.5. The van der Waals surface area contributed by atoms with Crippen LogP contribution in [0.25, 0.3) is 11.3 Å². The summed E-state index contributed by atoms with van der Waals surface area (Å²) in [6, 6.07) is 7.77. The Labute approximate surface area is 162 Å². The molecule has 2 aromatic rings. The highest BCUT2D eigenvalue weighted by Gasteiger charge is 2.07. The van der Waals surface area contributed by atoms with E-state index in [0.29, 0.717) is 6.10 Å². The third-order valence-corrected chi connectivity index (χ3v) is 3.55. The van der Waals surface area contributed by atoms with Gasteiger partial charge in [-0.3, -0.25) is 5.10 Å². The molecule has 1 aromatic heterocycles. The van der Waals surface area contributed by atoms with Gasteiger partial charge in [0.1, 0.15) is 0 Å². The second-order valence-corrected chi connectivity index (χ2v) is 6.27. The highest BCUT2D eigenvalue weighted by Crippen LogP contribution is 2.22. The molecular weight excluding hydrogens is 374 g/mol. The van der Waals surface area contributed by atoms with Gasteiger partial charge in [0.05, 0.1) is 18.0 Å². The van der Waals surface area contributed by atoms with Crippen LogP contribution in [0.3, 0.4) is 0 Å². The largest absolute Gasteiger partial charge is 0.473 e. The van der Waals surface area contributed by atoms with Crippen LogP contribution in [0.4, 0.5) is 0 Å². The number of carbonyl (C=O) groups is 2. The minimum atomic E-state index is -1.82. The second kappa shape index (κ2) is 12.1. The molecule has 0 unspecified atom stereocenters. The molecule has 8 nitrogen and oxygen atoms in total. The monoisotopic (exact) mass is 397 g/mol. The summed E-state index contributed by atoms with van der Waals surface area (Å²) in [5, 5.41) is 26.1. The summed E-state index contributed by atoms with van der Waals surface area (Å²) in [6.07, 6.45) is 3.17. The first-order chi connectivity index (χ1) is 12.8. The number of halogens is 1. The summed E-state index contributed by atoms with van der Waals surface area (Å²) in [5.41, 5.74) is 3.29. The molecule has 0 amide bonds. The molecule has 0 radical (unpaired) electrons. The number of aromatic amines is 1. The molecule has 0 fully saturated rings. The first kappa shape index (κ1) is 22.6. The Balaban J connectivity index is 0.000000527. The quantitative estimate of drug-likeness (QED) is 0.398. The first-order valence-electron chi connectivity index (χ1n) is 8.38. The number of nitrogens with zero attached hydrogens (tertiary/aromatic N) is 1. The normalized spacial score (nSPS) is 10.4. The van der Waals surface area contributed by atoms with Gasteiger partial charge in [-0.25, -0.2) is 9.59 Å². The SMILES string of the molecule is CC(C)OCCCNCc1cn[nH]c1-c1ccc(Cl)cc1.O=C(O)C(=O)O. The van der Waals surface area contributed by atoms with Crippen molar-refractivity contribution in [3.63, 3.8) is 0 Å². The van der Waals surface area contributed by atoms with Crippen LogP contribution in [-0.2, 0) is 20.9 Å². The van der Waals surface area contributed by atoms with Gasteiger partial charge in [-0.1, -0.05) is 23.7 Å². The average molecular weight is 398 g/mol. The topological polar surface area (TPSA) is 125 Å². The predicted octanol–water partition coefficient (Wildman–Crippen LogP) is 2.79. The smallest absolute Gasteiger partial charge is 0.414 e. The summed E-state index contributed by atoms with van der Waals surface area (Å²) < 4.78 is 5.51. The Morgan fingerprint density at radius 1 is 1.22 bits per heavy atom. The Morgan fingerprint density at radius 3 is 2.41 bits per heavy atom. The minimum Gasteiger partial charge on any atom is -0.473 e. The number of carboxylic acids is 2. The molecule has 0 saturated carbocycles. The molecule has 0 aliphatic heterocycles. The molecule has 0 bridgehead atoms. The average Bonchev–Trinajstić information content (AvgIpc) is 3.07. The Kier molecular flexibility index (Phi) is 10.1. The molecule has 0 aliphatic rings. The van der Waals surface area contributed by atoms with Crippen molar-refractivity contribution in [2.45, 2.75) is 32.9 Å². The maximum absolute atomic E-state index is 9.10. The van der Waals surface area contributed by atoms with Crippen LogP contribution in [0.5, 0.6) is 0 Å². The van der Waals surface area contributed by atoms with Gasteiger partial charge in [-0.05, 0) is 44.5 Å². The van der Waals surface area contributed by atoms with Crippen LogP contribution < -0.4 is 5.32 Å². The molecule has 0 saturated heterocycles. The third-order valence-electron chi connectivity index (χ3n) is 3.30. The Bertz CT molecular complexity index is 704. The molecule has 0 atom stereocenters. The van der Waals surface area contributed by atoms with E-state index in [1.54, 1.807) is 0 Å². The van der Waals surface area contributed by atoms with Crippen molar-refractivity contribution in [3.05, 3.63) is 41.0 Å². The lowest BCUT2D eigenvalue weighted by molar-refractivity contribution is -0.159. The fourth-order valence-electron chi connectivity index (χ4n) is 2.05. The van der Waals surface area contributed by atoms with Gasteiger partial charge in [0, 0.05) is 23.7 Å². The van der Waals surface area contributed by atoms with E-state index < -0.39 is 11.9 Å². The molecule has 148 valence electrons. The van der Waals surface area contributed by atoms with E-state index in [9.17, 15) is 0 Å². The highest BCUT2D eigenvalue weighted by molar-refractivity contribution is 6.30. The van der Waals surface area contributed by atoms with E-state index in [1.807, 2.05) is 30.5 Å². The molecule has 0 spiro atoms. The van der Waals surface area contributed by atoms with E-state index in [2.05, 4.69) is 29.4 Å². The maximum atomic E-state index is 9.10. The number of carboxylic acid groups (broad SMARTS) is 2. The number of hydrogen-bond acceptors (Lipinski definition) is 5. The third kappa shape index (κ3) is 9.18. The zero-order chi connectivity index (χ0) is 20.2. The Morgan fingerprint density at radius 2 is 1.85 bits per heavy atom. The van der Waals surface area contributed by atoms with Crippen LogP contribution in [0, 0.1) is 0 Å². The lowest BCUT2D eigenvalue weighted by Crippen LogP contribution is -2.17. The summed E-state index contributed by atoms with van der Waals surface area (Å²) in [6.45, 7) is 6.61. The second-order valence-electron chi connectivity index (χ2n) is 5.84. The number of rotatable bonds is 8. The van der Waals surface area contributed by atoms with Gasteiger partial charge >= 0.3 is 11.9 Å². The summed E-state index contributed by atoms with van der Waals surface area (Å²) >= 11 is 5.92. The zero-order valence-electron chi connectivity index (χ0n) is 15.2. The Hall–Kier alpha value is -2.42. The fourth-order valence-corrected chi connectivity index (χ4v) is 2.18. The molecule has 9 heteroatoms. The number of aromatic nitrogens is 2. The molecule has 0 aliphatic carbocycles. The van der Waals surface area contributed by atoms with Crippen molar-refractivity contribution in [1.29, 1.82) is 0 Å². The van der Waals surface area contributed by atoms with Gasteiger partial charge in [-0.2, -0.15) is 5.10 Å². The lowest BCUT2D eigenvalue weighted by Gasteiger charge is -2.08. The number of hydrogen-bond donors (Lipinski definition) is 4. The zero-order valence-corrected chi connectivity index (χ0v) is 16.0. The van der Waals surface area contributed by atoms with Crippen molar-refractivity contribution in [2.75, 3.05) is 13.2 Å². The number of ether oxygens (including phenoxy) is 1. The van der Waals surface area contributed by atoms with Crippen LogP contribution in [0.2, 0.25) is 5.02 Å². The lowest BCUT2D eigenvalue weighted by atomic mass is 10.1. The van der Waals surface area contributed by atoms with Gasteiger partial charge in [-0.15, -0.1) is 0 Å². The number of benzene rings is 1. The molecule has 1 heterocycles. The minimum absolute atomic E-state index is 0.301. The van der Waals surface area contributed by atoms with Crippen LogP contribution in [-0.4, -0.2) is 51.6 Å². The van der Waals surface area contributed by atoms with E-state index >= 15 is 0 Å². The van der Waals surface area contributed by atoms with Crippen molar-refractivity contribution in [3.8, 4) is 11.3 Å². The van der Waals surface area contributed by atoms with Crippen molar-refractivity contribution < 1.29 is 24.5 Å². The maximum Gasteiger partial charge on any atom is 0.414 e. The van der Waals surface area contributed by atoms with Gasteiger partial charge in [0.2, 0.25) is 0 Å². The molecule has 1 aromatic carbocycles. The number of H-pyrrole nitrogens is 1. The van der Waals surface area contributed by atoms with E-state index in [0.717, 1.165) is 48.0 Å². The summed E-state index contributed by atoms with van der Waals surface area (Å²) in [5.74, 6) is -3.65. The molecular formula is C18H24ClN3O5. The van der Waals surface area contributed by atoms with E-state index in [4.69, 9.17) is 36.1 Å². The van der Waals surface area contributed by atoms with Crippen LogP contribution in [0.15, 0.2) is 30.5 Å². The van der Waals surface area contributed by atoms with E-state index in [1.165, 1.54) is 0 Å². The molecule has 2 rings (SSSR count). The van der Waals surface area contributed by atoms with Gasteiger partial charge in [0.15, 0.2) is 0 Å². The fraction of sp³-hybridized carbons (Fsp3) is 0.389. The standard InChI is InChI=1S/C16H22ClN3O.C2H2O4/c1-12(2)21-9-3-8-18-10-14-11-19-20-16(14)13-4-6-15(17)7-5-13;3-1(4)2(5)6/h4-7,11-12,18H,3,8-10H2,1-2H3,(H,19,20);(H,3,4)(H,5,6). The predicted molar refractivity (Wildman–Crippen MR) is 102 cm³/mol. The summed E-state index contributed by atoms with van der Waals surface area (Å²) in [7, 11) is 0. The van der Waals surface area contributed by atoms with Crippen LogP contribution >= 0.6 is 11.6 Å². The number of aliphatic carboxylic acids is 2. The van der Waals surface area contributed by atoms with Crippen LogP contribution in [0.1, 0.15) is 25.8 Å². The molecule has 4 N–H and O–H groups in total. The molecule has 27 heavy (non-hydrogen) atoms. The van der Waals surface area contributed by atoms with Crippen molar-refractivity contribution in [1.82, 2.24) is 15.5 Å². The van der Waals surface area contributed by atoms with Crippen molar-refractivity contribution >= 4 is 23.5 Å².